The molecule has 0 aromatic heterocycles. The largest absolute Gasteiger partial charge is 0.310 e. The van der Waals surface area contributed by atoms with E-state index in [1.807, 2.05) is 0 Å². The molecule has 0 aromatic rings. The van der Waals surface area contributed by atoms with E-state index in [4.69, 9.17) is 0 Å². The van der Waals surface area contributed by atoms with Gasteiger partial charge in [-0.3, -0.25) is 0 Å². The summed E-state index contributed by atoms with van der Waals surface area (Å²) in [6.07, 6.45) is 13.6. The van der Waals surface area contributed by atoms with Crippen LogP contribution in [0.3, 0.4) is 0 Å². The summed E-state index contributed by atoms with van der Waals surface area (Å²) in [4.78, 5) is 0. The maximum atomic E-state index is 3.99. The third-order valence-corrected chi connectivity index (χ3v) is 7.12. The van der Waals surface area contributed by atoms with Crippen LogP contribution in [0, 0.1) is 11.3 Å². The number of nitrogens with one attached hydrogen (secondary N) is 1. The van der Waals surface area contributed by atoms with E-state index in [1.165, 1.54) is 51.4 Å². The first kappa shape index (κ1) is 15.7. The Morgan fingerprint density at radius 2 is 1.74 bits per heavy atom. The van der Waals surface area contributed by atoms with Gasteiger partial charge in [-0.05, 0) is 56.1 Å². The van der Waals surface area contributed by atoms with Crippen LogP contribution in [0.5, 0.6) is 0 Å². The van der Waals surface area contributed by atoms with Gasteiger partial charge in [0.05, 0.1) is 0 Å². The molecule has 2 fully saturated rings. The van der Waals surface area contributed by atoms with Gasteiger partial charge in [0.15, 0.2) is 0 Å². The van der Waals surface area contributed by atoms with Crippen LogP contribution < -0.4 is 5.32 Å². The maximum Gasteiger partial charge on any atom is 0.0198 e. The number of rotatable bonds is 5. The van der Waals surface area contributed by atoms with Gasteiger partial charge < -0.3 is 5.32 Å². The van der Waals surface area contributed by atoms with Gasteiger partial charge in [0.1, 0.15) is 0 Å². The summed E-state index contributed by atoms with van der Waals surface area (Å²) in [6.45, 7) is 7.28. The fraction of sp³-hybridized carbons (Fsp3) is 1.00. The molecule has 0 heterocycles. The normalized spacial score (nSPS) is 36.6. The first-order chi connectivity index (χ1) is 9.06. The van der Waals surface area contributed by atoms with Crippen LogP contribution in [0.15, 0.2) is 0 Å². The molecule has 1 N–H and O–H groups in total. The number of thioether (sulfide) groups is 1. The molecule has 0 spiro atoms. The molecule has 2 rings (SSSR count). The van der Waals surface area contributed by atoms with Crippen LogP contribution in [0.2, 0.25) is 0 Å². The molecule has 0 amide bonds. The van der Waals surface area contributed by atoms with Crippen molar-refractivity contribution in [2.45, 2.75) is 89.5 Å². The zero-order chi connectivity index (χ0) is 13.9. The molecule has 0 radical (unpaired) electrons. The molecule has 2 atom stereocenters. The molecule has 0 aliphatic heterocycles. The lowest BCUT2D eigenvalue weighted by Crippen LogP contribution is -2.44. The van der Waals surface area contributed by atoms with Crippen molar-refractivity contribution in [3.63, 3.8) is 0 Å². The zero-order valence-corrected chi connectivity index (χ0v) is 14.2. The average molecular weight is 284 g/mol. The lowest BCUT2D eigenvalue weighted by Gasteiger charge is -2.40. The lowest BCUT2D eigenvalue weighted by atomic mass is 9.69. The fourth-order valence-electron chi connectivity index (χ4n) is 4.03. The van der Waals surface area contributed by atoms with Crippen LogP contribution in [0.25, 0.3) is 0 Å². The summed E-state index contributed by atoms with van der Waals surface area (Å²) in [5, 5.41) is 4.87. The van der Waals surface area contributed by atoms with Crippen molar-refractivity contribution in [3.05, 3.63) is 0 Å². The molecule has 1 nitrogen and oxygen atoms in total. The van der Waals surface area contributed by atoms with Crippen molar-refractivity contribution >= 4 is 11.8 Å². The van der Waals surface area contributed by atoms with Crippen LogP contribution >= 0.6 is 11.8 Å². The Kier molecular flexibility index (Phi) is 5.65. The molecule has 2 heteroatoms. The van der Waals surface area contributed by atoms with Gasteiger partial charge in [0.25, 0.3) is 0 Å². The van der Waals surface area contributed by atoms with E-state index in [-0.39, 0.29) is 0 Å². The molecule has 2 saturated carbocycles. The highest BCUT2D eigenvalue weighted by molar-refractivity contribution is 7.99. The molecule has 0 saturated heterocycles. The highest BCUT2D eigenvalue weighted by atomic mass is 32.2. The quantitative estimate of drug-likeness (QED) is 0.773. The summed E-state index contributed by atoms with van der Waals surface area (Å²) in [6, 6.07) is 1.61. The molecular weight excluding hydrogens is 250 g/mol. The van der Waals surface area contributed by atoms with Crippen molar-refractivity contribution in [2.75, 3.05) is 6.26 Å². The summed E-state index contributed by atoms with van der Waals surface area (Å²) >= 11 is 2.08. The summed E-state index contributed by atoms with van der Waals surface area (Å²) in [5.41, 5.74) is 0.556. The Balaban J connectivity index is 1.77. The van der Waals surface area contributed by atoms with E-state index >= 15 is 0 Å². The van der Waals surface area contributed by atoms with E-state index in [0.29, 0.717) is 5.41 Å². The minimum atomic E-state index is 0.556. The molecule has 0 aromatic carbocycles. The zero-order valence-electron chi connectivity index (χ0n) is 13.4. The topological polar surface area (TPSA) is 12.0 Å². The Bertz CT molecular complexity index is 268. The molecule has 19 heavy (non-hydrogen) atoms. The summed E-state index contributed by atoms with van der Waals surface area (Å²) in [7, 11) is 0. The predicted molar refractivity (Wildman–Crippen MR) is 87.9 cm³/mol. The average Bonchev–Trinajstić information content (AvgIpc) is 2.86. The van der Waals surface area contributed by atoms with E-state index in [1.54, 1.807) is 0 Å². The maximum absolute atomic E-state index is 3.99. The van der Waals surface area contributed by atoms with Crippen LogP contribution in [-0.2, 0) is 0 Å². The smallest absolute Gasteiger partial charge is 0.0198 e. The fourth-order valence-corrected chi connectivity index (χ4v) is 4.98. The van der Waals surface area contributed by atoms with Gasteiger partial charge in [0.2, 0.25) is 0 Å². The van der Waals surface area contributed by atoms with E-state index in [0.717, 1.165) is 23.3 Å². The van der Waals surface area contributed by atoms with E-state index < -0.39 is 0 Å². The standard InChI is InChI=1S/C17H33NS/c1-5-17(2,3)13-9-11-14(12-10-13)18-15-7-6-8-16(15)19-4/h13-16,18H,5-12H2,1-4H3. The Hall–Kier alpha value is 0.310. The van der Waals surface area contributed by atoms with Crippen LogP contribution in [0.1, 0.15) is 72.1 Å². The summed E-state index contributed by atoms with van der Waals surface area (Å²) in [5.74, 6) is 0.954. The molecule has 0 bridgehead atoms. The SMILES string of the molecule is CCC(C)(C)C1CCC(NC2CCCC2SC)CC1. The van der Waals surface area contributed by atoms with Crippen molar-refractivity contribution in [3.8, 4) is 0 Å². The van der Waals surface area contributed by atoms with Gasteiger partial charge in [0, 0.05) is 17.3 Å². The minimum Gasteiger partial charge on any atom is -0.310 e. The van der Waals surface area contributed by atoms with Crippen molar-refractivity contribution < 1.29 is 0 Å². The van der Waals surface area contributed by atoms with Crippen molar-refractivity contribution in [1.82, 2.24) is 5.32 Å². The van der Waals surface area contributed by atoms with Gasteiger partial charge in [-0.15, -0.1) is 0 Å². The molecule has 2 aliphatic carbocycles. The third kappa shape index (κ3) is 3.91. The van der Waals surface area contributed by atoms with Crippen molar-refractivity contribution in [1.29, 1.82) is 0 Å². The number of hydrogen-bond donors (Lipinski definition) is 1. The first-order valence-corrected chi connectivity index (χ1v) is 9.64. The van der Waals surface area contributed by atoms with E-state index in [9.17, 15) is 0 Å². The van der Waals surface area contributed by atoms with Gasteiger partial charge in [-0.25, -0.2) is 0 Å². The van der Waals surface area contributed by atoms with Gasteiger partial charge in [-0.1, -0.05) is 33.6 Å². The molecule has 112 valence electrons. The first-order valence-electron chi connectivity index (χ1n) is 8.35. The molecular formula is C17H33NS. The lowest BCUT2D eigenvalue weighted by molar-refractivity contribution is 0.134. The second-order valence-corrected chi connectivity index (χ2v) is 8.45. The molecule has 2 unspecified atom stereocenters. The Labute approximate surface area is 124 Å². The highest BCUT2D eigenvalue weighted by Crippen LogP contribution is 2.41. The predicted octanol–water partition coefficient (Wildman–Crippen LogP) is 4.86. The van der Waals surface area contributed by atoms with Gasteiger partial charge in [-0.2, -0.15) is 11.8 Å². The van der Waals surface area contributed by atoms with E-state index in [2.05, 4.69) is 44.1 Å². The summed E-state index contributed by atoms with van der Waals surface area (Å²) < 4.78 is 0. The Morgan fingerprint density at radius 1 is 1.05 bits per heavy atom. The monoisotopic (exact) mass is 283 g/mol. The molecule has 2 aliphatic rings. The Morgan fingerprint density at radius 3 is 2.32 bits per heavy atom. The number of hydrogen-bond acceptors (Lipinski definition) is 2. The van der Waals surface area contributed by atoms with Crippen LogP contribution in [0.4, 0.5) is 0 Å². The third-order valence-electron chi connectivity index (χ3n) is 5.95. The second-order valence-electron chi connectivity index (χ2n) is 7.37. The van der Waals surface area contributed by atoms with Gasteiger partial charge >= 0.3 is 0 Å². The minimum absolute atomic E-state index is 0.556. The van der Waals surface area contributed by atoms with Crippen LogP contribution in [-0.4, -0.2) is 23.6 Å². The van der Waals surface area contributed by atoms with Crippen molar-refractivity contribution in [2.24, 2.45) is 11.3 Å². The second kappa shape index (κ2) is 6.85. The highest BCUT2D eigenvalue weighted by Gasteiger charge is 2.34.